The molecule has 1 aliphatic rings. The van der Waals surface area contributed by atoms with E-state index in [0.29, 0.717) is 31.1 Å². The summed E-state index contributed by atoms with van der Waals surface area (Å²) in [6.07, 6.45) is 0.669. The van der Waals surface area contributed by atoms with Crippen molar-refractivity contribution in [1.82, 2.24) is 4.72 Å². The maximum atomic E-state index is 12.5. The van der Waals surface area contributed by atoms with Crippen LogP contribution in [0.15, 0.2) is 47.4 Å². The quantitative estimate of drug-likeness (QED) is 0.497. The molecule has 0 saturated carbocycles. The van der Waals surface area contributed by atoms with Gasteiger partial charge in [-0.15, -0.1) is 0 Å². The van der Waals surface area contributed by atoms with E-state index in [1.54, 1.807) is 19.1 Å². The number of para-hydroxylation sites is 1. The second-order valence-corrected chi connectivity index (χ2v) is 8.73. The zero-order valence-corrected chi connectivity index (χ0v) is 19.2. The summed E-state index contributed by atoms with van der Waals surface area (Å²) in [4.78, 5) is 36.0. The first-order chi connectivity index (χ1) is 16.3. The lowest BCUT2D eigenvalue weighted by molar-refractivity contribution is -0.146. The highest BCUT2D eigenvalue weighted by Crippen LogP contribution is 2.31. The van der Waals surface area contributed by atoms with Gasteiger partial charge in [0.2, 0.25) is 10.0 Å². The second-order valence-electron chi connectivity index (χ2n) is 6.96. The maximum absolute atomic E-state index is 12.5. The van der Waals surface area contributed by atoms with Gasteiger partial charge in [-0.05, 0) is 31.2 Å². The number of carbonyl (C=O) groups excluding carboxylic acids is 3. The summed E-state index contributed by atoms with van der Waals surface area (Å²) >= 11 is 0. The summed E-state index contributed by atoms with van der Waals surface area (Å²) in [5, 5.41) is 2.46. The molecule has 1 amide bonds. The number of fused-ring (bicyclic) bond motifs is 1. The van der Waals surface area contributed by atoms with Crippen LogP contribution in [0.25, 0.3) is 0 Å². The van der Waals surface area contributed by atoms with Crippen LogP contribution in [0.5, 0.6) is 11.5 Å². The van der Waals surface area contributed by atoms with E-state index in [1.807, 2.05) is 0 Å². The Labute approximate surface area is 196 Å². The largest absolute Gasteiger partial charge is 0.490 e. The van der Waals surface area contributed by atoms with Crippen molar-refractivity contribution >= 4 is 33.6 Å². The number of anilines is 1. The first-order valence-corrected chi connectivity index (χ1v) is 11.9. The van der Waals surface area contributed by atoms with Crippen LogP contribution < -0.4 is 19.5 Å². The van der Waals surface area contributed by atoms with Crippen LogP contribution in [0.4, 0.5) is 5.69 Å². The van der Waals surface area contributed by atoms with Gasteiger partial charge in [-0.1, -0.05) is 12.1 Å². The molecule has 182 valence electrons. The van der Waals surface area contributed by atoms with E-state index in [4.69, 9.17) is 18.9 Å². The average molecular weight is 493 g/mol. The lowest BCUT2D eigenvalue weighted by Gasteiger charge is -2.12. The van der Waals surface area contributed by atoms with Crippen LogP contribution in [0, 0.1) is 0 Å². The lowest BCUT2D eigenvalue weighted by atomic mass is 10.2. The molecule has 0 atom stereocenters. The number of hydrogen-bond donors (Lipinski definition) is 2. The van der Waals surface area contributed by atoms with E-state index in [1.165, 1.54) is 30.3 Å². The fourth-order valence-corrected chi connectivity index (χ4v) is 3.89. The van der Waals surface area contributed by atoms with E-state index in [2.05, 4.69) is 10.0 Å². The molecule has 0 aliphatic carbocycles. The number of nitrogens with one attached hydrogen (secondary N) is 2. The SMILES string of the molecule is CCOC(=O)c1ccccc1NC(=O)COC(=O)CNS(=O)(=O)c1ccc2c(c1)OCCCO2. The minimum atomic E-state index is -4.05. The predicted octanol–water partition coefficient (Wildman–Crippen LogP) is 1.48. The standard InChI is InChI=1S/C22H24N2O9S/c1-2-30-22(27)16-6-3-4-7-17(16)24-20(25)14-33-21(26)13-23-34(28,29)15-8-9-18-19(12-15)32-11-5-10-31-18/h3-4,6-9,12,23H,2,5,10-11,13-14H2,1H3,(H,24,25). The molecule has 0 unspecified atom stereocenters. The van der Waals surface area contributed by atoms with Gasteiger partial charge >= 0.3 is 11.9 Å². The van der Waals surface area contributed by atoms with Crippen LogP contribution in [0.2, 0.25) is 0 Å². The van der Waals surface area contributed by atoms with Gasteiger partial charge < -0.3 is 24.3 Å². The van der Waals surface area contributed by atoms with E-state index < -0.39 is 41.0 Å². The molecule has 1 aliphatic heterocycles. The van der Waals surface area contributed by atoms with Crippen LogP contribution in [-0.2, 0) is 29.1 Å². The van der Waals surface area contributed by atoms with Gasteiger partial charge in [0.1, 0.15) is 6.54 Å². The van der Waals surface area contributed by atoms with Crippen LogP contribution >= 0.6 is 0 Å². The molecular weight excluding hydrogens is 468 g/mol. The molecule has 34 heavy (non-hydrogen) atoms. The zero-order chi connectivity index (χ0) is 24.6. The van der Waals surface area contributed by atoms with E-state index in [0.717, 1.165) is 0 Å². The van der Waals surface area contributed by atoms with Gasteiger partial charge in [0.05, 0.1) is 36.0 Å². The minimum absolute atomic E-state index is 0.113. The highest BCUT2D eigenvalue weighted by molar-refractivity contribution is 7.89. The Kier molecular flexibility index (Phi) is 8.44. The highest BCUT2D eigenvalue weighted by atomic mass is 32.2. The van der Waals surface area contributed by atoms with Crippen LogP contribution in [0.1, 0.15) is 23.7 Å². The Hall–Kier alpha value is -3.64. The van der Waals surface area contributed by atoms with Crippen molar-refractivity contribution in [2.75, 3.05) is 38.3 Å². The van der Waals surface area contributed by atoms with Crippen molar-refractivity contribution in [2.45, 2.75) is 18.2 Å². The summed E-state index contributed by atoms with van der Waals surface area (Å²) in [6.45, 7) is 1.31. The molecule has 2 aromatic carbocycles. The Morgan fingerprint density at radius 3 is 2.50 bits per heavy atom. The van der Waals surface area contributed by atoms with Crippen LogP contribution in [0.3, 0.4) is 0 Å². The average Bonchev–Trinajstić information content (AvgIpc) is 3.07. The minimum Gasteiger partial charge on any atom is -0.490 e. The molecule has 0 spiro atoms. The molecule has 0 fully saturated rings. The molecule has 12 heteroatoms. The summed E-state index contributed by atoms with van der Waals surface area (Å²) in [6, 6.07) is 10.3. The van der Waals surface area contributed by atoms with Crippen LogP contribution in [-0.4, -0.2) is 59.2 Å². The number of esters is 2. The van der Waals surface area contributed by atoms with Crippen molar-refractivity contribution in [1.29, 1.82) is 0 Å². The lowest BCUT2D eigenvalue weighted by Crippen LogP contribution is -2.32. The van der Waals surface area contributed by atoms with Crippen molar-refractivity contribution in [3.63, 3.8) is 0 Å². The fraction of sp³-hybridized carbons (Fsp3) is 0.318. The number of ether oxygens (including phenoxy) is 4. The number of rotatable bonds is 9. The Bertz CT molecular complexity index is 1160. The van der Waals surface area contributed by atoms with Crippen molar-refractivity contribution < 1.29 is 41.7 Å². The second kappa shape index (κ2) is 11.5. The normalized spacial score (nSPS) is 12.9. The van der Waals surface area contributed by atoms with E-state index in [9.17, 15) is 22.8 Å². The molecule has 1 heterocycles. The number of carbonyl (C=O) groups is 3. The van der Waals surface area contributed by atoms with Gasteiger partial charge in [-0.3, -0.25) is 9.59 Å². The monoisotopic (exact) mass is 492 g/mol. The number of amides is 1. The maximum Gasteiger partial charge on any atom is 0.340 e. The third-order valence-corrected chi connectivity index (χ3v) is 5.90. The Morgan fingerprint density at radius 1 is 1.00 bits per heavy atom. The summed E-state index contributed by atoms with van der Waals surface area (Å²) in [5.41, 5.74) is 0.337. The van der Waals surface area contributed by atoms with Crippen molar-refractivity contribution in [3.8, 4) is 11.5 Å². The Balaban J connectivity index is 1.51. The van der Waals surface area contributed by atoms with Gasteiger partial charge in [0, 0.05) is 12.5 Å². The van der Waals surface area contributed by atoms with E-state index in [-0.39, 0.29) is 22.8 Å². The summed E-state index contributed by atoms with van der Waals surface area (Å²) in [5.74, 6) is -1.56. The summed E-state index contributed by atoms with van der Waals surface area (Å²) in [7, 11) is -4.05. The number of benzene rings is 2. The first kappa shape index (κ1) is 25.0. The predicted molar refractivity (Wildman–Crippen MR) is 119 cm³/mol. The van der Waals surface area contributed by atoms with Crippen molar-refractivity contribution in [3.05, 3.63) is 48.0 Å². The molecule has 0 radical (unpaired) electrons. The third kappa shape index (κ3) is 6.68. The van der Waals surface area contributed by atoms with Gasteiger partial charge in [-0.25, -0.2) is 13.2 Å². The fourth-order valence-electron chi connectivity index (χ4n) is 2.91. The van der Waals surface area contributed by atoms with Gasteiger partial charge in [0.25, 0.3) is 5.91 Å². The molecule has 2 N–H and O–H groups in total. The van der Waals surface area contributed by atoms with Crippen molar-refractivity contribution in [2.24, 2.45) is 0 Å². The Morgan fingerprint density at radius 2 is 1.74 bits per heavy atom. The smallest absolute Gasteiger partial charge is 0.340 e. The number of hydrogen-bond acceptors (Lipinski definition) is 9. The molecular formula is C22H24N2O9S. The molecule has 0 bridgehead atoms. The van der Waals surface area contributed by atoms with E-state index >= 15 is 0 Å². The molecule has 3 rings (SSSR count). The molecule has 0 saturated heterocycles. The zero-order valence-electron chi connectivity index (χ0n) is 18.4. The van der Waals surface area contributed by atoms with Gasteiger partial charge in [-0.2, -0.15) is 4.72 Å². The molecule has 11 nitrogen and oxygen atoms in total. The topological polar surface area (TPSA) is 146 Å². The first-order valence-electron chi connectivity index (χ1n) is 10.4. The molecule has 0 aromatic heterocycles. The highest BCUT2D eigenvalue weighted by Gasteiger charge is 2.21. The van der Waals surface area contributed by atoms with Gasteiger partial charge in [0.15, 0.2) is 18.1 Å². The number of sulfonamides is 1. The third-order valence-electron chi connectivity index (χ3n) is 4.50. The molecule has 2 aromatic rings. The summed E-state index contributed by atoms with van der Waals surface area (Å²) < 4.78 is 47.8.